The van der Waals surface area contributed by atoms with Gasteiger partial charge in [-0.3, -0.25) is 0 Å². The zero-order chi connectivity index (χ0) is 11.3. The van der Waals surface area contributed by atoms with Gasteiger partial charge in [-0.05, 0) is 30.0 Å². The van der Waals surface area contributed by atoms with Crippen LogP contribution < -0.4 is 0 Å². The molecule has 1 unspecified atom stereocenters. The molecule has 1 aromatic carbocycles. The molecular formula is C12H11BrFN. The molecule has 1 fully saturated rings. The van der Waals surface area contributed by atoms with Crippen LogP contribution in [0, 0.1) is 22.6 Å². The second-order valence-corrected chi connectivity index (χ2v) is 5.62. The summed E-state index contributed by atoms with van der Waals surface area (Å²) in [7, 11) is 0. The van der Waals surface area contributed by atoms with Crippen LogP contribution in [-0.4, -0.2) is 0 Å². The second kappa shape index (κ2) is 3.05. The lowest BCUT2D eigenvalue weighted by Crippen LogP contribution is -2.13. The van der Waals surface area contributed by atoms with Gasteiger partial charge in [-0.1, -0.05) is 29.8 Å². The average Bonchev–Trinajstić information content (AvgIpc) is 2.74. The predicted molar refractivity (Wildman–Crippen MR) is 59.8 cm³/mol. The molecule has 1 saturated carbocycles. The number of hydrogen-bond acceptors (Lipinski definition) is 1. The van der Waals surface area contributed by atoms with Gasteiger partial charge in [0.25, 0.3) is 0 Å². The summed E-state index contributed by atoms with van der Waals surface area (Å²) in [6.45, 7) is 3.99. The molecule has 78 valence electrons. The van der Waals surface area contributed by atoms with Gasteiger partial charge < -0.3 is 0 Å². The Balaban J connectivity index is 2.56. The third kappa shape index (κ3) is 1.39. The number of rotatable bonds is 1. The second-order valence-electron chi connectivity index (χ2n) is 4.70. The van der Waals surface area contributed by atoms with E-state index in [0.717, 1.165) is 10.9 Å². The van der Waals surface area contributed by atoms with Crippen molar-refractivity contribution in [2.24, 2.45) is 5.41 Å². The van der Waals surface area contributed by atoms with Gasteiger partial charge >= 0.3 is 0 Å². The van der Waals surface area contributed by atoms with E-state index in [2.05, 4.69) is 22.0 Å². The summed E-state index contributed by atoms with van der Waals surface area (Å²) in [5.41, 5.74) is -0.242. The molecule has 0 radical (unpaired) electrons. The van der Waals surface area contributed by atoms with Crippen LogP contribution >= 0.6 is 15.9 Å². The smallest absolute Gasteiger partial charge is 0.128 e. The third-order valence-corrected chi connectivity index (χ3v) is 3.81. The minimum absolute atomic E-state index is 0.122. The third-order valence-electron chi connectivity index (χ3n) is 3.32. The Morgan fingerprint density at radius 1 is 1.47 bits per heavy atom. The van der Waals surface area contributed by atoms with Crippen molar-refractivity contribution in [1.29, 1.82) is 5.26 Å². The van der Waals surface area contributed by atoms with Crippen molar-refractivity contribution in [3.05, 3.63) is 34.1 Å². The molecule has 0 bridgehead atoms. The summed E-state index contributed by atoms with van der Waals surface area (Å²) in [6, 6.07) is 7.04. The van der Waals surface area contributed by atoms with Gasteiger partial charge in [0.15, 0.2) is 0 Å². The minimum atomic E-state index is -0.638. The normalized spacial score (nSPS) is 27.1. The monoisotopic (exact) mass is 267 g/mol. The highest BCUT2D eigenvalue weighted by molar-refractivity contribution is 9.10. The molecule has 1 aliphatic rings. The highest BCUT2D eigenvalue weighted by atomic mass is 79.9. The first-order valence-corrected chi connectivity index (χ1v) is 5.59. The Hall–Kier alpha value is -0.880. The number of hydrogen-bond donors (Lipinski definition) is 0. The summed E-state index contributed by atoms with van der Waals surface area (Å²) < 4.78 is 14.5. The van der Waals surface area contributed by atoms with Crippen molar-refractivity contribution >= 4 is 15.9 Å². The fraction of sp³-hybridized carbons (Fsp3) is 0.417. The molecule has 1 aliphatic carbocycles. The summed E-state index contributed by atoms with van der Waals surface area (Å²) >= 11 is 3.31. The maximum absolute atomic E-state index is 13.7. The first-order valence-electron chi connectivity index (χ1n) is 4.80. The van der Waals surface area contributed by atoms with Crippen LogP contribution in [0.2, 0.25) is 0 Å². The maximum Gasteiger partial charge on any atom is 0.128 e. The van der Waals surface area contributed by atoms with E-state index in [1.54, 1.807) is 12.1 Å². The Morgan fingerprint density at radius 3 is 2.53 bits per heavy atom. The number of halogens is 2. The molecule has 1 aromatic rings. The first kappa shape index (κ1) is 10.6. The molecule has 0 saturated heterocycles. The molecule has 3 heteroatoms. The van der Waals surface area contributed by atoms with Crippen LogP contribution in [0.25, 0.3) is 0 Å². The number of benzene rings is 1. The lowest BCUT2D eigenvalue weighted by molar-refractivity contribution is 0.534. The van der Waals surface area contributed by atoms with Gasteiger partial charge in [-0.25, -0.2) is 4.39 Å². The van der Waals surface area contributed by atoms with Crippen LogP contribution in [0.1, 0.15) is 25.8 Å². The molecule has 1 atom stereocenters. The maximum atomic E-state index is 13.7. The predicted octanol–water partition coefficient (Wildman–Crippen LogP) is 3.78. The number of nitrogens with zero attached hydrogens (tertiary/aromatic N) is 1. The van der Waals surface area contributed by atoms with Crippen molar-refractivity contribution < 1.29 is 4.39 Å². The lowest BCUT2D eigenvalue weighted by atomic mass is 9.89. The number of nitriles is 1. The van der Waals surface area contributed by atoms with Gasteiger partial charge in [0.1, 0.15) is 5.82 Å². The largest absolute Gasteiger partial charge is 0.207 e. The SMILES string of the molecule is CC1(C)CC1(C#N)c1cc(Br)ccc1F. The van der Waals surface area contributed by atoms with Crippen molar-refractivity contribution in [3.63, 3.8) is 0 Å². The molecule has 0 N–H and O–H groups in total. The summed E-state index contributed by atoms with van der Waals surface area (Å²) in [4.78, 5) is 0. The molecule has 0 spiro atoms. The minimum Gasteiger partial charge on any atom is -0.207 e. The fourth-order valence-corrected chi connectivity index (χ4v) is 2.52. The van der Waals surface area contributed by atoms with E-state index in [9.17, 15) is 9.65 Å². The summed E-state index contributed by atoms with van der Waals surface area (Å²) in [6.07, 6.45) is 0.726. The molecule has 1 nitrogen and oxygen atoms in total. The van der Waals surface area contributed by atoms with Gasteiger partial charge in [-0.15, -0.1) is 0 Å². The first-order chi connectivity index (χ1) is 6.93. The fourth-order valence-electron chi connectivity index (χ4n) is 2.15. The molecular weight excluding hydrogens is 257 g/mol. The molecule has 0 aromatic heterocycles. The highest BCUT2D eigenvalue weighted by Crippen LogP contribution is 2.64. The quantitative estimate of drug-likeness (QED) is 0.760. The van der Waals surface area contributed by atoms with Gasteiger partial charge in [0, 0.05) is 10.0 Å². The molecule has 2 rings (SSSR count). The Kier molecular flexibility index (Phi) is 2.16. The van der Waals surface area contributed by atoms with E-state index in [1.807, 2.05) is 13.8 Å². The molecule has 0 amide bonds. The highest BCUT2D eigenvalue weighted by Gasteiger charge is 2.64. The summed E-state index contributed by atoms with van der Waals surface area (Å²) in [5.74, 6) is -0.287. The Labute approximate surface area is 97.0 Å². The molecule has 0 aliphatic heterocycles. The van der Waals surface area contributed by atoms with E-state index in [4.69, 9.17) is 0 Å². The van der Waals surface area contributed by atoms with Gasteiger partial charge in [-0.2, -0.15) is 5.26 Å². The van der Waals surface area contributed by atoms with E-state index in [-0.39, 0.29) is 11.2 Å². The topological polar surface area (TPSA) is 23.8 Å². The van der Waals surface area contributed by atoms with Gasteiger partial charge in [0.2, 0.25) is 0 Å². The average molecular weight is 268 g/mol. The summed E-state index contributed by atoms with van der Waals surface area (Å²) in [5, 5.41) is 9.23. The lowest BCUT2D eigenvalue weighted by Gasteiger charge is -2.13. The van der Waals surface area contributed by atoms with E-state index in [1.165, 1.54) is 6.07 Å². The van der Waals surface area contributed by atoms with E-state index in [0.29, 0.717) is 5.56 Å². The zero-order valence-electron chi connectivity index (χ0n) is 8.64. The van der Waals surface area contributed by atoms with Crippen LogP contribution in [0.3, 0.4) is 0 Å². The Bertz CT molecular complexity index is 461. The van der Waals surface area contributed by atoms with Crippen LogP contribution in [0.4, 0.5) is 4.39 Å². The Morgan fingerprint density at radius 2 is 2.07 bits per heavy atom. The van der Waals surface area contributed by atoms with Crippen LogP contribution in [0.15, 0.2) is 22.7 Å². The van der Waals surface area contributed by atoms with Crippen molar-refractivity contribution in [2.75, 3.05) is 0 Å². The van der Waals surface area contributed by atoms with E-state index >= 15 is 0 Å². The zero-order valence-corrected chi connectivity index (χ0v) is 10.2. The van der Waals surface area contributed by atoms with Crippen LogP contribution in [0.5, 0.6) is 0 Å². The molecule has 0 heterocycles. The molecule has 15 heavy (non-hydrogen) atoms. The van der Waals surface area contributed by atoms with Crippen LogP contribution in [-0.2, 0) is 5.41 Å². The van der Waals surface area contributed by atoms with Crippen molar-refractivity contribution in [3.8, 4) is 6.07 Å². The van der Waals surface area contributed by atoms with Crippen molar-refractivity contribution in [1.82, 2.24) is 0 Å². The van der Waals surface area contributed by atoms with E-state index < -0.39 is 5.41 Å². The van der Waals surface area contributed by atoms with Crippen molar-refractivity contribution in [2.45, 2.75) is 25.7 Å². The van der Waals surface area contributed by atoms with Gasteiger partial charge in [0.05, 0.1) is 11.5 Å². The standard InChI is InChI=1S/C12H11BrFN/c1-11(2)6-12(11,7-15)9-5-8(13)3-4-10(9)14/h3-5H,6H2,1-2H3.